The van der Waals surface area contributed by atoms with E-state index in [4.69, 9.17) is 0 Å². The van der Waals surface area contributed by atoms with Crippen LogP contribution in [0.25, 0.3) is 0 Å². The van der Waals surface area contributed by atoms with Crippen molar-refractivity contribution in [2.24, 2.45) is 0 Å². The van der Waals surface area contributed by atoms with Crippen LogP contribution in [-0.4, -0.2) is 50.6 Å². The molecule has 1 heterocycles. The molecule has 1 saturated heterocycles. The molecule has 0 aromatic rings. The lowest BCUT2D eigenvalue weighted by molar-refractivity contribution is 0.164. The highest BCUT2D eigenvalue weighted by Gasteiger charge is 2.36. The third kappa shape index (κ3) is 2.21. The molecule has 1 aliphatic heterocycles. The molecule has 0 radical (unpaired) electrons. The Hall–Kier alpha value is -0.130. The van der Waals surface area contributed by atoms with Gasteiger partial charge >= 0.3 is 0 Å². The molecular formula is C8H18N2O2S. The first-order chi connectivity index (χ1) is 5.86. The van der Waals surface area contributed by atoms with Crippen LogP contribution >= 0.6 is 0 Å². The summed E-state index contributed by atoms with van der Waals surface area (Å²) in [6.07, 6.45) is 1.30. The van der Waals surface area contributed by atoms with E-state index < -0.39 is 14.7 Å². The molecule has 13 heavy (non-hydrogen) atoms. The molecular weight excluding hydrogens is 188 g/mol. The number of hydrogen-bond donors (Lipinski definition) is 1. The molecule has 1 aliphatic rings. The van der Waals surface area contributed by atoms with Crippen LogP contribution < -0.4 is 5.32 Å². The maximum atomic E-state index is 11.5. The Morgan fingerprint density at radius 1 is 1.23 bits per heavy atom. The van der Waals surface area contributed by atoms with Gasteiger partial charge in [0.25, 0.3) is 0 Å². The minimum Gasteiger partial charge on any atom is -0.314 e. The Bertz CT molecular complexity index is 266. The van der Waals surface area contributed by atoms with Crippen molar-refractivity contribution in [2.75, 3.05) is 32.4 Å². The number of piperazine rings is 1. The fraction of sp³-hybridized carbons (Fsp3) is 1.00. The van der Waals surface area contributed by atoms with Gasteiger partial charge in [0.05, 0.1) is 0 Å². The van der Waals surface area contributed by atoms with Crippen LogP contribution in [-0.2, 0) is 9.84 Å². The highest BCUT2D eigenvalue weighted by molar-refractivity contribution is 7.92. The normalized spacial score (nSPS) is 21.8. The van der Waals surface area contributed by atoms with Gasteiger partial charge in [0.15, 0.2) is 9.84 Å². The van der Waals surface area contributed by atoms with Crippen molar-refractivity contribution in [3.63, 3.8) is 0 Å². The average molecular weight is 206 g/mol. The van der Waals surface area contributed by atoms with Crippen molar-refractivity contribution < 1.29 is 8.42 Å². The van der Waals surface area contributed by atoms with Crippen molar-refractivity contribution in [1.29, 1.82) is 0 Å². The van der Waals surface area contributed by atoms with E-state index >= 15 is 0 Å². The van der Waals surface area contributed by atoms with Gasteiger partial charge in [0, 0.05) is 32.4 Å². The average Bonchev–Trinajstić information content (AvgIpc) is 2.04. The molecule has 0 unspecified atom stereocenters. The van der Waals surface area contributed by atoms with Crippen LogP contribution in [0, 0.1) is 0 Å². The van der Waals surface area contributed by atoms with Crippen molar-refractivity contribution in [3.05, 3.63) is 0 Å². The second kappa shape index (κ2) is 3.55. The quantitative estimate of drug-likeness (QED) is 0.672. The zero-order valence-electron chi connectivity index (χ0n) is 8.50. The Balaban J connectivity index is 2.79. The van der Waals surface area contributed by atoms with Gasteiger partial charge in [-0.2, -0.15) is 0 Å². The first-order valence-corrected chi connectivity index (χ1v) is 6.40. The predicted molar refractivity (Wildman–Crippen MR) is 53.4 cm³/mol. The van der Waals surface area contributed by atoms with Gasteiger partial charge in [-0.3, -0.25) is 4.90 Å². The predicted octanol–water partition coefficient (Wildman–Crippen LogP) is -0.328. The van der Waals surface area contributed by atoms with Crippen molar-refractivity contribution in [2.45, 2.75) is 18.7 Å². The molecule has 0 aromatic carbocycles. The molecule has 0 bridgehead atoms. The maximum Gasteiger partial charge on any atom is 0.165 e. The zero-order valence-corrected chi connectivity index (χ0v) is 9.32. The van der Waals surface area contributed by atoms with Crippen molar-refractivity contribution >= 4 is 9.84 Å². The van der Waals surface area contributed by atoms with E-state index in [0.717, 1.165) is 26.2 Å². The van der Waals surface area contributed by atoms with Gasteiger partial charge in [-0.25, -0.2) is 8.42 Å². The summed E-state index contributed by atoms with van der Waals surface area (Å²) in [7, 11) is -3.00. The smallest absolute Gasteiger partial charge is 0.165 e. The molecule has 0 spiro atoms. The fourth-order valence-corrected chi connectivity index (χ4v) is 2.09. The monoisotopic (exact) mass is 206 g/mol. The Morgan fingerprint density at radius 2 is 1.69 bits per heavy atom. The highest BCUT2D eigenvalue weighted by atomic mass is 32.2. The van der Waals surface area contributed by atoms with E-state index in [1.54, 1.807) is 13.8 Å². The second-order valence-corrected chi connectivity index (χ2v) is 6.50. The molecule has 78 valence electrons. The summed E-state index contributed by atoms with van der Waals surface area (Å²) in [5.74, 6) is 0. The topological polar surface area (TPSA) is 49.4 Å². The van der Waals surface area contributed by atoms with Crippen molar-refractivity contribution in [1.82, 2.24) is 10.2 Å². The summed E-state index contributed by atoms with van der Waals surface area (Å²) in [6.45, 7) is 6.90. The van der Waals surface area contributed by atoms with Gasteiger partial charge in [-0.1, -0.05) is 0 Å². The molecule has 0 aromatic heterocycles. The van der Waals surface area contributed by atoms with Crippen LogP contribution in [0.15, 0.2) is 0 Å². The lowest BCUT2D eigenvalue weighted by atomic mass is 10.2. The number of nitrogens with zero attached hydrogens (tertiary/aromatic N) is 1. The van der Waals surface area contributed by atoms with Gasteiger partial charge in [-0.05, 0) is 13.8 Å². The molecule has 0 amide bonds. The van der Waals surface area contributed by atoms with Gasteiger partial charge in [-0.15, -0.1) is 0 Å². The van der Waals surface area contributed by atoms with Crippen LogP contribution in [0.5, 0.6) is 0 Å². The lowest BCUT2D eigenvalue weighted by Gasteiger charge is -2.39. The third-order valence-electron chi connectivity index (χ3n) is 2.79. The molecule has 1 rings (SSSR count). The minimum atomic E-state index is -3.00. The first kappa shape index (κ1) is 10.9. The fourth-order valence-electron chi connectivity index (χ4n) is 1.44. The summed E-state index contributed by atoms with van der Waals surface area (Å²) in [6, 6.07) is 0. The molecule has 1 fully saturated rings. The molecule has 4 nitrogen and oxygen atoms in total. The maximum absolute atomic E-state index is 11.5. The van der Waals surface area contributed by atoms with Gasteiger partial charge in [0.2, 0.25) is 0 Å². The lowest BCUT2D eigenvalue weighted by Crippen LogP contribution is -2.56. The number of sulfone groups is 1. The first-order valence-electron chi connectivity index (χ1n) is 4.51. The summed E-state index contributed by atoms with van der Waals surface area (Å²) < 4.78 is 23.0. The number of rotatable bonds is 2. The SMILES string of the molecule is CC(C)(N1CCNCC1)S(C)(=O)=O. The molecule has 5 heteroatoms. The van der Waals surface area contributed by atoms with Crippen LogP contribution in [0.4, 0.5) is 0 Å². The van der Waals surface area contributed by atoms with E-state index in [1.165, 1.54) is 6.26 Å². The van der Waals surface area contributed by atoms with E-state index in [9.17, 15) is 8.42 Å². The molecule has 0 saturated carbocycles. The van der Waals surface area contributed by atoms with Gasteiger partial charge in [0.1, 0.15) is 4.87 Å². The Morgan fingerprint density at radius 3 is 2.08 bits per heavy atom. The summed E-state index contributed by atoms with van der Waals surface area (Å²) in [4.78, 5) is 1.29. The second-order valence-electron chi connectivity index (χ2n) is 3.96. The van der Waals surface area contributed by atoms with E-state index in [1.807, 2.05) is 4.90 Å². The van der Waals surface area contributed by atoms with Crippen LogP contribution in [0.2, 0.25) is 0 Å². The van der Waals surface area contributed by atoms with E-state index in [0.29, 0.717) is 0 Å². The van der Waals surface area contributed by atoms with E-state index in [2.05, 4.69) is 5.32 Å². The standard InChI is InChI=1S/C8H18N2O2S/c1-8(2,13(3,11)12)10-6-4-9-5-7-10/h9H,4-7H2,1-3H3. The molecule has 0 aliphatic carbocycles. The molecule has 0 atom stereocenters. The summed E-state index contributed by atoms with van der Waals surface area (Å²) >= 11 is 0. The molecule has 1 N–H and O–H groups in total. The largest absolute Gasteiger partial charge is 0.314 e. The minimum absolute atomic E-state index is 0.727. The van der Waals surface area contributed by atoms with Crippen molar-refractivity contribution in [3.8, 4) is 0 Å². The van der Waals surface area contributed by atoms with Crippen LogP contribution in [0.3, 0.4) is 0 Å². The third-order valence-corrected chi connectivity index (χ3v) is 4.86. The Kier molecular flexibility index (Phi) is 2.99. The highest BCUT2D eigenvalue weighted by Crippen LogP contribution is 2.20. The number of nitrogens with one attached hydrogen (secondary N) is 1. The summed E-state index contributed by atoms with van der Waals surface area (Å²) in [5.41, 5.74) is 0. The Labute approximate surface area is 80.2 Å². The van der Waals surface area contributed by atoms with E-state index in [-0.39, 0.29) is 0 Å². The zero-order chi connectivity index (χ0) is 10.1. The van der Waals surface area contributed by atoms with Gasteiger partial charge < -0.3 is 5.32 Å². The number of hydrogen-bond acceptors (Lipinski definition) is 4. The summed E-state index contributed by atoms with van der Waals surface area (Å²) in [5, 5.41) is 3.20. The van der Waals surface area contributed by atoms with Crippen LogP contribution in [0.1, 0.15) is 13.8 Å².